The predicted molar refractivity (Wildman–Crippen MR) is 156 cm³/mol. The van der Waals surface area contributed by atoms with Crippen LogP contribution in [0.15, 0.2) is 39.1 Å². The molecule has 1 aromatic carbocycles. The summed E-state index contributed by atoms with van der Waals surface area (Å²) in [6, 6.07) is 5.14. The van der Waals surface area contributed by atoms with Crippen molar-refractivity contribution in [1.82, 2.24) is 19.5 Å². The molecule has 0 bridgehead atoms. The smallest absolute Gasteiger partial charge is 0.270 e. The van der Waals surface area contributed by atoms with E-state index in [1.807, 2.05) is 0 Å². The van der Waals surface area contributed by atoms with E-state index in [4.69, 9.17) is 27.8 Å². The maximum atomic E-state index is 13.1. The fraction of sp³-hybridized carbons (Fsp3) is 0.444. The maximum absolute atomic E-state index is 13.1. The minimum Gasteiger partial charge on any atom is -0.493 e. The molecule has 3 aliphatic rings. The molecule has 0 radical (unpaired) electrons. The number of piperidine rings is 1. The van der Waals surface area contributed by atoms with Crippen LogP contribution in [0, 0.1) is 5.41 Å². The molecule has 6 rings (SSSR count). The van der Waals surface area contributed by atoms with Crippen LogP contribution in [0.5, 0.6) is 5.88 Å². The van der Waals surface area contributed by atoms with Gasteiger partial charge in [-0.1, -0.05) is 29.4 Å². The number of rotatable bonds is 5. The summed E-state index contributed by atoms with van der Waals surface area (Å²) in [5.74, 6) is 0.0623. The van der Waals surface area contributed by atoms with Gasteiger partial charge in [-0.15, -0.1) is 0 Å². The predicted octanol–water partition coefficient (Wildman–Crippen LogP) is 2.66. The number of nitrogens with one attached hydrogen (secondary N) is 1. The van der Waals surface area contributed by atoms with Crippen molar-refractivity contribution in [3.8, 4) is 5.88 Å². The summed E-state index contributed by atoms with van der Waals surface area (Å²) >= 11 is 7.86. The lowest BCUT2D eigenvalue weighted by Gasteiger charge is -2.41. The molecular weight excluding hydrogens is 568 g/mol. The van der Waals surface area contributed by atoms with Crippen molar-refractivity contribution in [2.75, 3.05) is 42.3 Å². The van der Waals surface area contributed by atoms with Gasteiger partial charge < -0.3 is 31.5 Å². The zero-order valence-electron chi connectivity index (χ0n) is 22.3. The second kappa shape index (κ2) is 11.1. The van der Waals surface area contributed by atoms with E-state index in [0.29, 0.717) is 47.7 Å². The van der Waals surface area contributed by atoms with E-state index in [1.54, 1.807) is 24.4 Å². The quantitative estimate of drug-likeness (QED) is 0.340. The van der Waals surface area contributed by atoms with Crippen LogP contribution in [0.25, 0.3) is 0 Å². The Balaban J connectivity index is 1.16. The maximum Gasteiger partial charge on any atom is 0.270 e. The molecule has 2 saturated heterocycles. The zero-order valence-corrected chi connectivity index (χ0v) is 23.9. The fourth-order valence-corrected chi connectivity index (χ4v) is 6.82. The van der Waals surface area contributed by atoms with Gasteiger partial charge >= 0.3 is 0 Å². The minimum atomic E-state index is -0.790. The number of anilines is 3. The Bertz CT molecular complexity index is 1560. The number of hydrogen-bond acceptors (Lipinski definition) is 11. The Morgan fingerprint density at radius 3 is 2.76 bits per heavy atom. The molecule has 1 atom stereocenters. The van der Waals surface area contributed by atoms with Crippen LogP contribution in [0.2, 0.25) is 5.02 Å². The molecule has 216 valence electrons. The Morgan fingerprint density at radius 2 is 2.02 bits per heavy atom. The average molecular weight is 599 g/mol. The Morgan fingerprint density at radius 1 is 1.22 bits per heavy atom. The van der Waals surface area contributed by atoms with E-state index in [-0.39, 0.29) is 28.0 Å². The summed E-state index contributed by atoms with van der Waals surface area (Å²) in [6.07, 6.45) is 5.80. The highest BCUT2D eigenvalue weighted by atomic mass is 35.5. The summed E-state index contributed by atoms with van der Waals surface area (Å²) in [4.78, 5) is 42.0. The molecule has 2 fully saturated rings. The summed E-state index contributed by atoms with van der Waals surface area (Å²) in [5, 5.41) is 13.7. The fourth-order valence-electron chi connectivity index (χ4n) is 5.72. The number of fused-ring (bicyclic) bond motifs is 1. The molecular formula is C27H31ClN8O4S. The summed E-state index contributed by atoms with van der Waals surface area (Å²) < 4.78 is 7.06. The number of hydrogen-bond donors (Lipinski definition) is 4. The standard InChI is InChI=1S/C27H31ClN8O4S/c28-21-15(32-23(37)20-24(38)34-18-6-1-2-9-36(18)26(20)39)4-3-5-16(21)41-25-22(30)33-19(12-31-25)35-10-7-27(8-11-35)14-40-13-17(27)29/h3-5,12,17,38H,1-2,6-11,13-14,29H2,(H2,30,33)(H,32,37). The first-order valence-electron chi connectivity index (χ1n) is 13.6. The third kappa shape index (κ3) is 5.23. The number of benzene rings is 1. The molecule has 12 nitrogen and oxygen atoms in total. The number of aromatic nitrogens is 4. The number of amides is 1. The molecule has 5 heterocycles. The number of carbonyl (C=O) groups excluding carboxylic acids is 1. The first kappa shape index (κ1) is 27.8. The molecule has 0 aliphatic carbocycles. The highest BCUT2D eigenvalue weighted by molar-refractivity contribution is 7.99. The number of carbonyl (C=O) groups is 1. The Hall–Kier alpha value is -3.39. The van der Waals surface area contributed by atoms with Crippen LogP contribution in [-0.4, -0.2) is 62.9 Å². The monoisotopic (exact) mass is 598 g/mol. The highest BCUT2D eigenvalue weighted by Gasteiger charge is 2.44. The number of nitrogens with two attached hydrogens (primary N) is 2. The summed E-state index contributed by atoms with van der Waals surface area (Å²) in [7, 11) is 0. The van der Waals surface area contributed by atoms with Gasteiger partial charge in [-0.05, 0) is 37.8 Å². The van der Waals surface area contributed by atoms with E-state index in [2.05, 4.69) is 25.2 Å². The van der Waals surface area contributed by atoms with Crippen molar-refractivity contribution >= 4 is 46.6 Å². The van der Waals surface area contributed by atoms with Crippen LogP contribution in [0.1, 0.15) is 41.9 Å². The first-order valence-corrected chi connectivity index (χ1v) is 14.8. The van der Waals surface area contributed by atoms with Crippen LogP contribution in [-0.2, 0) is 17.7 Å². The second-order valence-corrected chi connectivity index (χ2v) is 12.1. The minimum absolute atomic E-state index is 0.0334. The van der Waals surface area contributed by atoms with Gasteiger partial charge in [-0.25, -0.2) is 9.97 Å². The molecule has 1 spiro atoms. The lowest BCUT2D eigenvalue weighted by molar-refractivity contribution is 0.102. The Kier molecular flexibility index (Phi) is 7.53. The van der Waals surface area contributed by atoms with Crippen LogP contribution in [0.3, 0.4) is 0 Å². The number of halogens is 1. The van der Waals surface area contributed by atoms with E-state index in [0.717, 1.165) is 38.8 Å². The SMILES string of the molecule is Nc1nc(N2CCC3(CC2)COCC3N)cnc1Sc1cccc(NC(=O)c2c(O)nc3n(c2=O)CCCC3)c1Cl. The topological polar surface area (TPSA) is 175 Å². The summed E-state index contributed by atoms with van der Waals surface area (Å²) in [6.45, 7) is 3.36. The van der Waals surface area contributed by atoms with E-state index < -0.39 is 22.9 Å². The first-order chi connectivity index (χ1) is 19.8. The van der Waals surface area contributed by atoms with Crippen LogP contribution >= 0.6 is 23.4 Å². The Labute approximate surface area is 245 Å². The molecule has 3 aromatic rings. The van der Waals surface area contributed by atoms with Crippen LogP contribution < -0.4 is 27.2 Å². The molecule has 1 unspecified atom stereocenters. The number of aromatic hydroxyl groups is 1. The van der Waals surface area contributed by atoms with Crippen molar-refractivity contribution < 1.29 is 14.6 Å². The van der Waals surface area contributed by atoms with E-state index in [9.17, 15) is 14.7 Å². The van der Waals surface area contributed by atoms with E-state index in [1.165, 1.54) is 16.3 Å². The number of nitrogens with zero attached hydrogens (tertiary/aromatic N) is 5. The average Bonchev–Trinajstić information content (AvgIpc) is 3.31. The van der Waals surface area contributed by atoms with Gasteiger partial charge in [0.05, 0.1) is 30.1 Å². The van der Waals surface area contributed by atoms with Crippen molar-refractivity contribution in [3.63, 3.8) is 0 Å². The second-order valence-electron chi connectivity index (χ2n) is 10.7. The lowest BCUT2D eigenvalue weighted by Crippen LogP contribution is -2.49. The largest absolute Gasteiger partial charge is 0.493 e. The highest BCUT2D eigenvalue weighted by Crippen LogP contribution is 2.41. The number of aryl methyl sites for hydroxylation is 1. The molecule has 0 saturated carbocycles. The van der Waals surface area contributed by atoms with Gasteiger partial charge in [0.2, 0.25) is 5.88 Å². The van der Waals surface area contributed by atoms with Crippen molar-refractivity contribution in [3.05, 3.63) is 51.2 Å². The van der Waals surface area contributed by atoms with Crippen molar-refractivity contribution in [2.45, 2.75) is 54.6 Å². The number of ether oxygens (including phenoxy) is 1. The van der Waals surface area contributed by atoms with Crippen molar-refractivity contribution in [1.29, 1.82) is 0 Å². The lowest BCUT2D eigenvalue weighted by atomic mass is 9.75. The van der Waals surface area contributed by atoms with Gasteiger partial charge in [0.25, 0.3) is 11.5 Å². The molecule has 3 aliphatic heterocycles. The molecule has 41 heavy (non-hydrogen) atoms. The molecule has 14 heteroatoms. The van der Waals surface area contributed by atoms with E-state index >= 15 is 0 Å². The zero-order chi connectivity index (χ0) is 28.7. The van der Waals surface area contributed by atoms with Gasteiger partial charge in [0.1, 0.15) is 16.7 Å². The van der Waals surface area contributed by atoms with Gasteiger partial charge in [0, 0.05) is 42.4 Å². The summed E-state index contributed by atoms with van der Waals surface area (Å²) in [5.41, 5.74) is 11.9. The number of nitrogen functional groups attached to an aromatic ring is 1. The van der Waals surface area contributed by atoms with Crippen molar-refractivity contribution in [2.24, 2.45) is 11.1 Å². The van der Waals surface area contributed by atoms with Gasteiger partial charge in [-0.2, -0.15) is 4.98 Å². The third-order valence-corrected chi connectivity index (χ3v) is 9.80. The third-order valence-electron chi connectivity index (χ3n) is 8.21. The molecule has 1 amide bonds. The van der Waals surface area contributed by atoms with Crippen LogP contribution in [0.4, 0.5) is 17.3 Å². The molecule has 6 N–H and O–H groups in total. The normalized spacial score (nSPS) is 19.8. The van der Waals surface area contributed by atoms with Gasteiger partial charge in [0.15, 0.2) is 11.4 Å². The molecule has 2 aromatic heterocycles. The van der Waals surface area contributed by atoms with Gasteiger partial charge in [-0.3, -0.25) is 14.2 Å².